The van der Waals surface area contributed by atoms with Gasteiger partial charge in [0.05, 0.1) is 68.6 Å². The monoisotopic (exact) mass is 796 g/mol. The molecule has 6 nitrogen and oxygen atoms in total. The van der Waals surface area contributed by atoms with E-state index in [1.807, 2.05) is 60.7 Å². The van der Waals surface area contributed by atoms with Crippen LogP contribution in [0.2, 0.25) is 0 Å². The zero-order chi connectivity index (χ0) is 42.2. The Hall–Kier alpha value is -9.08. The Kier molecular flexibility index (Phi) is 8.00. The minimum atomic E-state index is -0.363. The number of benzene rings is 9. The van der Waals surface area contributed by atoms with Crippen molar-refractivity contribution >= 4 is 65.2 Å². The molecule has 0 radical (unpaired) electrons. The molecular formula is C54H26F2N6. The van der Waals surface area contributed by atoms with Gasteiger partial charge in [-0.1, -0.05) is 36.4 Å². The summed E-state index contributed by atoms with van der Waals surface area (Å²) in [7, 11) is 0. The lowest BCUT2D eigenvalue weighted by Gasteiger charge is -2.20. The third-order valence-corrected chi connectivity index (χ3v) is 11.9. The van der Waals surface area contributed by atoms with Crippen molar-refractivity contribution in [2.75, 3.05) is 0 Å². The topological polar surface area (TPSA) is 105 Å². The van der Waals surface area contributed by atoms with Crippen LogP contribution in [0, 0.1) is 57.0 Å². The highest BCUT2D eigenvalue weighted by Gasteiger charge is 2.22. The van der Waals surface area contributed by atoms with E-state index < -0.39 is 0 Å². The van der Waals surface area contributed by atoms with Gasteiger partial charge in [0.1, 0.15) is 11.6 Å². The van der Waals surface area contributed by atoms with Crippen LogP contribution in [0.3, 0.4) is 0 Å². The number of hydrogen-bond donors (Lipinski definition) is 0. The minimum absolute atomic E-state index is 0.363. The molecule has 0 saturated carbocycles. The molecule has 0 fully saturated rings. The van der Waals surface area contributed by atoms with Crippen LogP contribution in [0.4, 0.5) is 8.78 Å². The molecule has 0 aliphatic heterocycles. The molecule has 2 heterocycles. The van der Waals surface area contributed by atoms with Crippen molar-refractivity contribution in [3.8, 4) is 57.9 Å². The van der Waals surface area contributed by atoms with Crippen LogP contribution in [-0.4, -0.2) is 9.13 Å². The molecule has 0 atom stereocenters. The van der Waals surface area contributed by atoms with Crippen LogP contribution in [0.25, 0.3) is 98.8 Å². The van der Waals surface area contributed by atoms with Crippen molar-refractivity contribution in [1.29, 1.82) is 21.0 Å². The molecule has 0 N–H and O–H groups in total. The summed E-state index contributed by atoms with van der Waals surface area (Å²) in [5, 5.41) is 46.1. The Morgan fingerprint density at radius 1 is 0.306 bits per heavy atom. The van der Waals surface area contributed by atoms with E-state index in [9.17, 15) is 29.8 Å². The lowest BCUT2D eigenvalue weighted by molar-refractivity contribution is 0.627. The summed E-state index contributed by atoms with van der Waals surface area (Å²) >= 11 is 0. The molecule has 286 valence electrons. The molecule has 11 aromatic rings. The van der Waals surface area contributed by atoms with Crippen LogP contribution >= 0.6 is 0 Å². The lowest BCUT2D eigenvalue weighted by atomic mass is 9.85. The third-order valence-electron chi connectivity index (χ3n) is 11.9. The van der Waals surface area contributed by atoms with Crippen molar-refractivity contribution < 1.29 is 8.78 Å². The Morgan fingerprint density at radius 3 is 0.903 bits per heavy atom. The van der Waals surface area contributed by atoms with Gasteiger partial charge in [-0.3, -0.25) is 0 Å². The quantitative estimate of drug-likeness (QED) is 0.165. The average molecular weight is 797 g/mol. The molecule has 0 unspecified atom stereocenters. The van der Waals surface area contributed by atoms with Gasteiger partial charge in [-0.05, 0) is 165 Å². The molecule has 62 heavy (non-hydrogen) atoms. The van der Waals surface area contributed by atoms with Crippen LogP contribution < -0.4 is 0 Å². The summed E-state index contributed by atoms with van der Waals surface area (Å²) in [5.74, 6) is -0.727. The molecular weight excluding hydrogens is 771 g/mol. The number of nitrogens with zero attached hydrogens (tertiary/aromatic N) is 6. The van der Waals surface area contributed by atoms with Crippen LogP contribution in [0.15, 0.2) is 158 Å². The van der Waals surface area contributed by atoms with Crippen molar-refractivity contribution in [1.82, 2.24) is 9.13 Å². The Labute approximate surface area is 352 Å². The number of rotatable bonds is 4. The second-order valence-electron chi connectivity index (χ2n) is 15.3. The van der Waals surface area contributed by atoms with Crippen molar-refractivity contribution in [3.63, 3.8) is 0 Å². The van der Waals surface area contributed by atoms with Gasteiger partial charge in [0, 0.05) is 32.9 Å². The number of fused-ring (bicyclic) bond motifs is 8. The maximum atomic E-state index is 14.7. The van der Waals surface area contributed by atoms with Crippen molar-refractivity contribution in [3.05, 3.63) is 192 Å². The van der Waals surface area contributed by atoms with Crippen molar-refractivity contribution in [2.45, 2.75) is 0 Å². The van der Waals surface area contributed by atoms with Gasteiger partial charge in [-0.25, -0.2) is 8.78 Å². The first-order valence-electron chi connectivity index (χ1n) is 19.7. The molecule has 11 rings (SSSR count). The van der Waals surface area contributed by atoms with E-state index in [4.69, 9.17) is 0 Å². The minimum Gasteiger partial charge on any atom is -0.309 e. The summed E-state index contributed by atoms with van der Waals surface area (Å²) in [5.41, 5.74) is 10.4. The van der Waals surface area contributed by atoms with Crippen molar-refractivity contribution in [2.24, 2.45) is 0 Å². The zero-order valence-corrected chi connectivity index (χ0v) is 32.5. The summed E-state index contributed by atoms with van der Waals surface area (Å²) in [6.45, 7) is 0. The Balaban J connectivity index is 1.27. The molecule has 0 aliphatic rings. The molecule has 0 bridgehead atoms. The first kappa shape index (κ1) is 36.0. The van der Waals surface area contributed by atoms with E-state index in [2.05, 4.69) is 57.7 Å². The smallest absolute Gasteiger partial charge is 0.123 e. The standard InChI is InChI=1S/C54H26F2N6/c55-37-9-5-35(6-10-37)53-42-16-14-40(62-51-19-3-33(29-59)23-45(51)46-24-34(30-60)4-20-52(46)62)26-48(42)54(36-7-11-38(56)12-8-36)41-15-13-39(25-47(41)53)61-49-17-1-31(27-57)21-43(49)44-22-32(28-58)2-18-50(44)61/h1-26H. The number of hydrogen-bond acceptors (Lipinski definition) is 4. The first-order chi connectivity index (χ1) is 30.3. The van der Waals surface area contributed by atoms with Gasteiger partial charge in [0.15, 0.2) is 0 Å². The number of aromatic nitrogens is 2. The second kappa shape index (κ2) is 13.8. The predicted molar refractivity (Wildman–Crippen MR) is 240 cm³/mol. The lowest BCUT2D eigenvalue weighted by Crippen LogP contribution is -1.98. The summed E-state index contributed by atoms with van der Waals surface area (Å²) < 4.78 is 33.6. The summed E-state index contributed by atoms with van der Waals surface area (Å²) in [4.78, 5) is 0. The molecule has 0 saturated heterocycles. The van der Waals surface area contributed by atoms with Crippen LogP contribution in [0.1, 0.15) is 22.3 Å². The fraction of sp³-hybridized carbons (Fsp3) is 0. The molecule has 9 aromatic carbocycles. The highest BCUT2D eigenvalue weighted by molar-refractivity contribution is 6.22. The third kappa shape index (κ3) is 5.43. The highest BCUT2D eigenvalue weighted by Crippen LogP contribution is 2.46. The Bertz CT molecular complexity index is 3520. The van der Waals surface area contributed by atoms with Gasteiger partial charge >= 0.3 is 0 Å². The SMILES string of the molecule is N#Cc1ccc2c(c1)c1cc(C#N)ccc1n2-c1ccc2c(-c3ccc(F)cc3)c3cc(-n4c5ccc(C#N)cc5c5cc(C#N)ccc54)ccc3c(-c3ccc(F)cc3)c2c1. The van der Waals surface area contributed by atoms with Gasteiger partial charge in [-0.2, -0.15) is 21.0 Å². The van der Waals surface area contributed by atoms with E-state index in [0.29, 0.717) is 22.3 Å². The van der Waals surface area contributed by atoms with E-state index in [0.717, 1.165) is 98.8 Å². The van der Waals surface area contributed by atoms with Gasteiger partial charge in [-0.15, -0.1) is 0 Å². The maximum Gasteiger partial charge on any atom is 0.123 e. The van der Waals surface area contributed by atoms with Gasteiger partial charge in [0.2, 0.25) is 0 Å². The molecule has 8 heteroatoms. The number of nitriles is 4. The number of halogens is 2. The van der Waals surface area contributed by atoms with E-state index >= 15 is 0 Å². The largest absolute Gasteiger partial charge is 0.309 e. The predicted octanol–water partition coefficient (Wildman–Crippen LogP) is 13.3. The normalized spacial score (nSPS) is 11.3. The molecule has 0 aliphatic carbocycles. The van der Waals surface area contributed by atoms with Gasteiger partial charge in [0.25, 0.3) is 0 Å². The fourth-order valence-electron chi connectivity index (χ4n) is 9.22. The van der Waals surface area contributed by atoms with Crippen LogP contribution in [0.5, 0.6) is 0 Å². The first-order valence-corrected chi connectivity index (χ1v) is 19.7. The van der Waals surface area contributed by atoms with E-state index in [1.54, 1.807) is 48.5 Å². The van der Waals surface area contributed by atoms with Crippen LogP contribution in [-0.2, 0) is 0 Å². The summed E-state index contributed by atoms with van der Waals surface area (Å²) in [6.07, 6.45) is 0. The Morgan fingerprint density at radius 2 is 0.613 bits per heavy atom. The van der Waals surface area contributed by atoms with E-state index in [-0.39, 0.29) is 11.6 Å². The van der Waals surface area contributed by atoms with Gasteiger partial charge < -0.3 is 9.13 Å². The second-order valence-corrected chi connectivity index (χ2v) is 15.3. The molecule has 2 aromatic heterocycles. The summed E-state index contributed by atoms with van der Waals surface area (Å²) in [6, 6.07) is 56.6. The fourth-order valence-corrected chi connectivity index (χ4v) is 9.22. The highest BCUT2D eigenvalue weighted by atomic mass is 19.1. The average Bonchev–Trinajstić information content (AvgIpc) is 3.82. The zero-order valence-electron chi connectivity index (χ0n) is 32.5. The maximum absolute atomic E-state index is 14.7. The molecule has 0 spiro atoms. The molecule has 0 amide bonds. The van der Waals surface area contributed by atoms with E-state index in [1.165, 1.54) is 24.3 Å².